The van der Waals surface area contributed by atoms with Crippen LogP contribution in [0.25, 0.3) is 0 Å². The molecule has 2 heteroatoms. The van der Waals surface area contributed by atoms with Crippen molar-refractivity contribution in [2.45, 2.75) is 33.1 Å². The Labute approximate surface area is 80.1 Å². The summed E-state index contributed by atoms with van der Waals surface area (Å²) in [6, 6.07) is 2.10. The van der Waals surface area contributed by atoms with E-state index in [0.29, 0.717) is 5.71 Å². The lowest BCUT2D eigenvalue weighted by molar-refractivity contribution is 0.543. The van der Waals surface area contributed by atoms with Gasteiger partial charge in [0.25, 0.3) is 0 Å². The lowest BCUT2D eigenvalue weighted by atomic mass is 9.92. The van der Waals surface area contributed by atoms with Gasteiger partial charge >= 0.3 is 0 Å². The molecule has 0 saturated carbocycles. The molecule has 0 atom stereocenters. The van der Waals surface area contributed by atoms with Crippen molar-refractivity contribution in [1.29, 1.82) is 5.41 Å². The van der Waals surface area contributed by atoms with Crippen LogP contribution in [0.2, 0.25) is 0 Å². The monoisotopic (exact) mass is 178 g/mol. The van der Waals surface area contributed by atoms with Crippen LogP contribution in [0.15, 0.2) is 12.3 Å². The zero-order chi connectivity index (χ0) is 10.2. The number of nitrogens with zero attached hydrogens (tertiary/aromatic N) is 1. The smallest absolute Gasteiger partial charge is 0.0370 e. The summed E-state index contributed by atoms with van der Waals surface area (Å²) in [5, 5.41) is 7.54. The number of aromatic nitrogens is 1. The van der Waals surface area contributed by atoms with Gasteiger partial charge in [-0.25, -0.2) is 0 Å². The van der Waals surface area contributed by atoms with E-state index in [0.717, 1.165) is 5.56 Å². The summed E-state index contributed by atoms with van der Waals surface area (Å²) in [5.74, 6) is 0. The molecule has 1 aromatic rings. The third kappa shape index (κ3) is 2.00. The molecule has 1 N–H and O–H groups in total. The molecule has 0 aromatic carbocycles. The molecule has 2 nitrogen and oxygen atoms in total. The summed E-state index contributed by atoms with van der Waals surface area (Å²) in [5.41, 5.74) is 3.08. The average Bonchev–Trinajstić information content (AvgIpc) is 2.29. The third-order valence-electron chi connectivity index (χ3n) is 2.21. The van der Waals surface area contributed by atoms with Crippen LogP contribution in [0.5, 0.6) is 0 Å². The van der Waals surface area contributed by atoms with Crippen molar-refractivity contribution in [2.75, 3.05) is 0 Å². The predicted octanol–water partition coefficient (Wildman–Crippen LogP) is 2.71. The highest BCUT2D eigenvalue weighted by atomic mass is 14.9. The molecule has 0 spiro atoms. The minimum Gasteiger partial charge on any atom is -0.353 e. The number of hydrogen-bond acceptors (Lipinski definition) is 1. The Balaban J connectivity index is 3.18. The normalized spacial score (nSPS) is 11.8. The fraction of sp³-hybridized carbons (Fsp3) is 0.545. The maximum absolute atomic E-state index is 7.54. The van der Waals surface area contributed by atoms with Crippen LogP contribution in [-0.4, -0.2) is 10.3 Å². The van der Waals surface area contributed by atoms with E-state index in [-0.39, 0.29) is 5.41 Å². The van der Waals surface area contributed by atoms with Crippen LogP contribution >= 0.6 is 0 Å². The van der Waals surface area contributed by atoms with Gasteiger partial charge in [0.2, 0.25) is 0 Å². The Bertz CT molecular complexity index is 326. The summed E-state index contributed by atoms with van der Waals surface area (Å²) < 4.78 is 2.10. The third-order valence-corrected chi connectivity index (χ3v) is 2.21. The first-order valence-electron chi connectivity index (χ1n) is 4.55. The molecule has 1 heterocycles. The van der Waals surface area contributed by atoms with Crippen molar-refractivity contribution in [3.63, 3.8) is 0 Å². The van der Waals surface area contributed by atoms with E-state index in [4.69, 9.17) is 5.41 Å². The van der Waals surface area contributed by atoms with Gasteiger partial charge in [-0.2, -0.15) is 0 Å². The topological polar surface area (TPSA) is 28.8 Å². The van der Waals surface area contributed by atoms with Crippen molar-refractivity contribution >= 4 is 5.71 Å². The van der Waals surface area contributed by atoms with Crippen LogP contribution in [0.4, 0.5) is 0 Å². The summed E-state index contributed by atoms with van der Waals surface area (Å²) >= 11 is 0. The Morgan fingerprint density at radius 1 is 1.38 bits per heavy atom. The molecule has 1 aromatic heterocycles. The first-order chi connectivity index (χ1) is 5.82. The quantitative estimate of drug-likeness (QED) is 0.641. The largest absolute Gasteiger partial charge is 0.353 e. The number of rotatable bonds is 1. The molecular weight excluding hydrogens is 160 g/mol. The highest BCUT2D eigenvalue weighted by molar-refractivity contribution is 5.96. The molecule has 0 unspecified atom stereocenters. The first-order valence-corrected chi connectivity index (χ1v) is 4.55. The van der Waals surface area contributed by atoms with Gasteiger partial charge in [-0.05, 0) is 13.0 Å². The van der Waals surface area contributed by atoms with Crippen LogP contribution < -0.4 is 0 Å². The van der Waals surface area contributed by atoms with E-state index in [9.17, 15) is 0 Å². The van der Waals surface area contributed by atoms with E-state index < -0.39 is 0 Å². The van der Waals surface area contributed by atoms with Crippen LogP contribution in [-0.2, 0) is 12.5 Å². The lowest BCUT2D eigenvalue weighted by Gasteiger charge is -2.19. The molecule has 0 saturated heterocycles. The molecule has 1 rings (SSSR count). The van der Waals surface area contributed by atoms with Crippen molar-refractivity contribution in [3.05, 3.63) is 23.5 Å². The van der Waals surface area contributed by atoms with Gasteiger partial charge in [0.15, 0.2) is 0 Å². The Morgan fingerprint density at radius 3 is 2.15 bits per heavy atom. The summed E-state index contributed by atoms with van der Waals surface area (Å²) in [4.78, 5) is 0. The van der Waals surface area contributed by atoms with Gasteiger partial charge in [0.05, 0.1) is 0 Å². The summed E-state index contributed by atoms with van der Waals surface area (Å²) in [6.45, 7) is 8.38. The maximum atomic E-state index is 7.54. The zero-order valence-corrected chi connectivity index (χ0v) is 9.10. The fourth-order valence-corrected chi connectivity index (χ4v) is 1.52. The van der Waals surface area contributed by atoms with Gasteiger partial charge < -0.3 is 9.98 Å². The molecule has 0 aliphatic rings. The summed E-state index contributed by atoms with van der Waals surface area (Å²) in [7, 11) is 2.03. The molecule has 0 aliphatic carbocycles. The number of aryl methyl sites for hydroxylation is 1. The average molecular weight is 178 g/mol. The summed E-state index contributed by atoms with van der Waals surface area (Å²) in [6.07, 6.45) is 2.02. The Hall–Kier alpha value is -1.05. The van der Waals surface area contributed by atoms with Crippen LogP contribution in [0.3, 0.4) is 0 Å². The minimum absolute atomic E-state index is 0.155. The van der Waals surface area contributed by atoms with E-state index in [1.807, 2.05) is 20.2 Å². The second-order valence-electron chi connectivity index (χ2n) is 4.60. The van der Waals surface area contributed by atoms with Gasteiger partial charge in [0, 0.05) is 35.6 Å². The van der Waals surface area contributed by atoms with Crippen molar-refractivity contribution < 1.29 is 0 Å². The van der Waals surface area contributed by atoms with Crippen LogP contribution in [0.1, 0.15) is 39.0 Å². The minimum atomic E-state index is 0.155. The number of nitrogens with one attached hydrogen (secondary N) is 1. The van der Waals surface area contributed by atoms with E-state index in [2.05, 4.69) is 31.4 Å². The Morgan fingerprint density at radius 2 is 1.92 bits per heavy atom. The molecule has 0 aliphatic heterocycles. The molecule has 72 valence electrons. The van der Waals surface area contributed by atoms with E-state index in [1.54, 1.807) is 0 Å². The highest BCUT2D eigenvalue weighted by Crippen LogP contribution is 2.23. The molecule has 0 fully saturated rings. The predicted molar refractivity (Wildman–Crippen MR) is 56.6 cm³/mol. The fourth-order valence-electron chi connectivity index (χ4n) is 1.52. The maximum Gasteiger partial charge on any atom is 0.0370 e. The molecule has 0 amide bonds. The first kappa shape index (κ1) is 10.0. The van der Waals surface area contributed by atoms with E-state index in [1.165, 1.54) is 5.69 Å². The lowest BCUT2D eigenvalue weighted by Crippen LogP contribution is -2.15. The second-order valence-corrected chi connectivity index (χ2v) is 4.60. The zero-order valence-electron chi connectivity index (χ0n) is 9.10. The SMILES string of the molecule is CC(=N)c1cc(C(C)(C)C)n(C)c1. The van der Waals surface area contributed by atoms with Gasteiger partial charge in [-0.15, -0.1) is 0 Å². The molecule has 0 bridgehead atoms. The van der Waals surface area contributed by atoms with Gasteiger partial charge in [-0.1, -0.05) is 20.8 Å². The van der Waals surface area contributed by atoms with Crippen molar-refractivity contribution in [3.8, 4) is 0 Å². The van der Waals surface area contributed by atoms with Gasteiger partial charge in [0.1, 0.15) is 0 Å². The van der Waals surface area contributed by atoms with Crippen LogP contribution in [0, 0.1) is 5.41 Å². The molecular formula is C11H18N2. The van der Waals surface area contributed by atoms with Gasteiger partial charge in [-0.3, -0.25) is 0 Å². The Kier molecular flexibility index (Phi) is 2.33. The highest BCUT2D eigenvalue weighted by Gasteiger charge is 2.18. The molecule has 0 radical (unpaired) electrons. The van der Waals surface area contributed by atoms with Crippen molar-refractivity contribution in [1.82, 2.24) is 4.57 Å². The van der Waals surface area contributed by atoms with Crippen molar-refractivity contribution in [2.24, 2.45) is 7.05 Å². The molecule has 13 heavy (non-hydrogen) atoms. The standard InChI is InChI=1S/C11H18N2/c1-8(12)9-6-10(11(2,3)4)13(5)7-9/h6-7,12H,1-5H3. The number of hydrogen-bond donors (Lipinski definition) is 1. The second kappa shape index (κ2) is 3.02. The van der Waals surface area contributed by atoms with E-state index >= 15 is 0 Å².